The molecule has 0 aliphatic rings. The van der Waals surface area contributed by atoms with Gasteiger partial charge in [0.15, 0.2) is 0 Å². The lowest BCUT2D eigenvalue weighted by Crippen LogP contribution is -2.53. The number of carbonyl (C=O) groups excluding carboxylic acids is 3. The van der Waals surface area contributed by atoms with Crippen molar-refractivity contribution in [2.45, 2.75) is 36.9 Å². The minimum absolute atomic E-state index is 0.0649. The number of amides is 3. The number of aliphatic hydroxyl groups is 2. The molecule has 2 aromatic rings. The summed E-state index contributed by atoms with van der Waals surface area (Å²) >= 11 is 0. The number of nitrogens with two attached hydrogens (primary N) is 1. The monoisotopic (exact) mass is 507 g/mol. The number of carbonyl (C=O) groups is 3. The molecule has 0 heterocycles. The van der Waals surface area contributed by atoms with Crippen LogP contribution in [0.4, 0.5) is 11.4 Å². The lowest BCUT2D eigenvalue weighted by molar-refractivity contribution is -0.130. The fourth-order valence-electron chi connectivity index (χ4n) is 2.86. The van der Waals surface area contributed by atoms with Crippen LogP contribution in [0.3, 0.4) is 0 Å². The molecule has 13 heteroatoms. The van der Waals surface area contributed by atoms with E-state index in [1.165, 1.54) is 31.2 Å². The predicted octanol–water partition coefficient (Wildman–Crippen LogP) is -0.964. The van der Waals surface area contributed by atoms with Gasteiger partial charge < -0.3 is 31.9 Å². The summed E-state index contributed by atoms with van der Waals surface area (Å²) in [6.45, 7) is 1.84. The lowest BCUT2D eigenvalue weighted by atomic mass is 10.1. The summed E-state index contributed by atoms with van der Waals surface area (Å²) in [6.07, 6.45) is -1.30. The van der Waals surface area contributed by atoms with E-state index in [0.29, 0.717) is 5.56 Å². The Labute approximate surface area is 203 Å². The average molecular weight is 508 g/mol. The largest absolute Gasteiger partial charge is 0.394 e. The van der Waals surface area contributed by atoms with Crippen molar-refractivity contribution in [1.29, 1.82) is 0 Å². The van der Waals surface area contributed by atoms with Gasteiger partial charge in [-0.1, -0.05) is 24.3 Å². The summed E-state index contributed by atoms with van der Waals surface area (Å²) in [5, 5.41) is 25.9. The Balaban J connectivity index is 2.10. The van der Waals surface area contributed by atoms with E-state index in [9.17, 15) is 27.9 Å². The van der Waals surface area contributed by atoms with Crippen LogP contribution in [0.15, 0.2) is 53.4 Å². The maximum absolute atomic E-state index is 12.8. The predicted molar refractivity (Wildman–Crippen MR) is 129 cm³/mol. The van der Waals surface area contributed by atoms with E-state index < -0.39 is 59.1 Å². The maximum Gasteiger partial charge on any atom is 0.261 e. The molecule has 0 spiro atoms. The van der Waals surface area contributed by atoms with E-state index in [2.05, 4.69) is 20.7 Å². The molecule has 0 fully saturated rings. The first-order valence-corrected chi connectivity index (χ1v) is 12.0. The van der Waals surface area contributed by atoms with Gasteiger partial charge in [-0.3, -0.25) is 19.1 Å². The normalized spacial score (nSPS) is 13.7. The van der Waals surface area contributed by atoms with E-state index in [-0.39, 0.29) is 16.3 Å². The van der Waals surface area contributed by atoms with Crippen LogP contribution >= 0.6 is 0 Å². The number of hydrogen-bond donors (Lipinski definition) is 7. The Hall–Kier alpha value is -3.52. The summed E-state index contributed by atoms with van der Waals surface area (Å²) < 4.78 is 27.6. The Kier molecular flexibility index (Phi) is 9.71. The van der Waals surface area contributed by atoms with Gasteiger partial charge in [0.2, 0.25) is 17.7 Å². The smallest absolute Gasteiger partial charge is 0.261 e. The molecule has 0 radical (unpaired) electrons. The highest BCUT2D eigenvalue weighted by Gasteiger charge is 2.26. The zero-order valence-electron chi connectivity index (χ0n) is 19.2. The molecule has 35 heavy (non-hydrogen) atoms. The molecule has 8 N–H and O–H groups in total. The second kappa shape index (κ2) is 12.3. The summed E-state index contributed by atoms with van der Waals surface area (Å²) in [5.74, 6) is -2.30. The molecule has 0 aliphatic heterocycles. The Bertz CT molecular complexity index is 1160. The molecule has 0 bridgehead atoms. The molecule has 2 aromatic carbocycles. The lowest BCUT2D eigenvalue weighted by Gasteiger charge is -2.22. The van der Waals surface area contributed by atoms with Crippen molar-refractivity contribution in [3.63, 3.8) is 0 Å². The second-order valence-corrected chi connectivity index (χ2v) is 9.41. The van der Waals surface area contributed by atoms with Crippen LogP contribution in [0.2, 0.25) is 0 Å². The van der Waals surface area contributed by atoms with Crippen LogP contribution in [-0.2, 0) is 24.4 Å². The van der Waals surface area contributed by atoms with Gasteiger partial charge in [-0.25, -0.2) is 8.42 Å². The quantitative estimate of drug-likeness (QED) is 0.201. The van der Waals surface area contributed by atoms with Crippen molar-refractivity contribution in [2.24, 2.45) is 5.73 Å². The van der Waals surface area contributed by atoms with Crippen molar-refractivity contribution < 1.29 is 33.0 Å². The molecule has 0 aliphatic carbocycles. The molecule has 0 saturated carbocycles. The highest BCUT2D eigenvalue weighted by Crippen LogP contribution is 2.23. The number of aliphatic hydroxyl groups excluding tert-OH is 2. The van der Waals surface area contributed by atoms with E-state index in [1.54, 1.807) is 31.2 Å². The van der Waals surface area contributed by atoms with Gasteiger partial charge >= 0.3 is 0 Å². The van der Waals surface area contributed by atoms with Gasteiger partial charge in [0.25, 0.3) is 10.0 Å². The van der Waals surface area contributed by atoms with E-state index in [4.69, 9.17) is 10.8 Å². The van der Waals surface area contributed by atoms with E-state index >= 15 is 0 Å². The number of rotatable bonds is 11. The SMILES string of the molecule is Cc1ccc(NS(=O)(=O)c2ccccc2)cc1NC(=O)C(NC(=O)CNC(=O)C(N)CO)C(C)O. The van der Waals surface area contributed by atoms with E-state index in [1.807, 2.05) is 0 Å². The van der Waals surface area contributed by atoms with Gasteiger partial charge in [-0.2, -0.15) is 0 Å². The molecule has 190 valence electrons. The van der Waals surface area contributed by atoms with Crippen molar-refractivity contribution in [2.75, 3.05) is 23.2 Å². The Morgan fingerprint density at radius 2 is 1.71 bits per heavy atom. The van der Waals surface area contributed by atoms with Crippen molar-refractivity contribution in [3.8, 4) is 0 Å². The van der Waals surface area contributed by atoms with Gasteiger partial charge in [-0.15, -0.1) is 0 Å². The molecule has 0 aromatic heterocycles. The third kappa shape index (κ3) is 8.03. The fourth-order valence-corrected chi connectivity index (χ4v) is 3.93. The minimum Gasteiger partial charge on any atom is -0.394 e. The Morgan fingerprint density at radius 1 is 1.06 bits per heavy atom. The molecule has 3 unspecified atom stereocenters. The zero-order valence-corrected chi connectivity index (χ0v) is 20.0. The molecule has 2 rings (SSSR count). The number of nitrogens with one attached hydrogen (secondary N) is 4. The average Bonchev–Trinajstić information content (AvgIpc) is 2.82. The highest BCUT2D eigenvalue weighted by atomic mass is 32.2. The number of anilines is 2. The molecule has 0 saturated heterocycles. The van der Waals surface area contributed by atoms with E-state index in [0.717, 1.165) is 0 Å². The summed E-state index contributed by atoms with van der Waals surface area (Å²) in [4.78, 5) is 36.6. The number of aryl methyl sites for hydroxylation is 1. The molecular weight excluding hydrogens is 478 g/mol. The van der Waals surface area contributed by atoms with Crippen LogP contribution in [-0.4, -0.2) is 67.7 Å². The van der Waals surface area contributed by atoms with Gasteiger partial charge in [0, 0.05) is 5.69 Å². The minimum atomic E-state index is -3.86. The van der Waals surface area contributed by atoms with Gasteiger partial charge in [0.05, 0.1) is 29.8 Å². The molecular formula is C22H29N5O7S. The Morgan fingerprint density at radius 3 is 2.31 bits per heavy atom. The third-order valence-electron chi connectivity index (χ3n) is 4.84. The molecule has 12 nitrogen and oxygen atoms in total. The van der Waals surface area contributed by atoms with Gasteiger partial charge in [0.1, 0.15) is 12.1 Å². The zero-order chi connectivity index (χ0) is 26.2. The number of benzene rings is 2. The first kappa shape index (κ1) is 27.7. The van der Waals surface area contributed by atoms with Crippen LogP contribution < -0.4 is 26.4 Å². The third-order valence-corrected chi connectivity index (χ3v) is 6.24. The number of hydrogen-bond acceptors (Lipinski definition) is 8. The standard InChI is InChI=1S/C22H29N5O7S/c1-13-8-9-15(27-35(33,34)16-6-4-3-5-7-16)10-18(13)25-22(32)20(14(2)29)26-19(30)11-24-21(31)17(23)12-28/h3-10,14,17,20,27-29H,11-12,23H2,1-2H3,(H,24,31)(H,25,32)(H,26,30). The topological polar surface area (TPSA) is 200 Å². The number of sulfonamides is 1. The molecule has 3 atom stereocenters. The summed E-state index contributed by atoms with van der Waals surface area (Å²) in [5.41, 5.74) is 6.39. The van der Waals surface area contributed by atoms with Crippen LogP contribution in [0, 0.1) is 6.92 Å². The van der Waals surface area contributed by atoms with Crippen molar-refractivity contribution in [1.82, 2.24) is 10.6 Å². The van der Waals surface area contributed by atoms with Crippen molar-refractivity contribution >= 4 is 39.1 Å². The highest BCUT2D eigenvalue weighted by molar-refractivity contribution is 7.92. The van der Waals surface area contributed by atoms with Crippen LogP contribution in [0.1, 0.15) is 12.5 Å². The first-order chi connectivity index (χ1) is 16.4. The summed E-state index contributed by atoms with van der Waals surface area (Å²) in [7, 11) is -3.86. The second-order valence-electron chi connectivity index (χ2n) is 7.73. The summed E-state index contributed by atoms with van der Waals surface area (Å²) in [6, 6.07) is 9.69. The fraction of sp³-hybridized carbons (Fsp3) is 0.318. The molecule has 3 amide bonds. The van der Waals surface area contributed by atoms with Crippen LogP contribution in [0.25, 0.3) is 0 Å². The van der Waals surface area contributed by atoms with Crippen molar-refractivity contribution in [3.05, 3.63) is 54.1 Å². The van der Waals surface area contributed by atoms with Crippen LogP contribution in [0.5, 0.6) is 0 Å². The first-order valence-electron chi connectivity index (χ1n) is 10.6. The maximum atomic E-state index is 12.8. The van der Waals surface area contributed by atoms with Gasteiger partial charge in [-0.05, 0) is 43.7 Å².